The van der Waals surface area contributed by atoms with E-state index in [1.54, 1.807) is 0 Å². The Labute approximate surface area is 260 Å². The van der Waals surface area contributed by atoms with Crippen molar-refractivity contribution in [3.8, 4) is 51.4 Å². The Morgan fingerprint density at radius 1 is 0.556 bits per heavy atom. The van der Waals surface area contributed by atoms with Gasteiger partial charge in [-0.15, -0.1) is 0 Å². The zero-order valence-electron chi connectivity index (χ0n) is 24.6. The van der Waals surface area contributed by atoms with E-state index in [0.717, 1.165) is 57.0 Å². The van der Waals surface area contributed by atoms with E-state index in [0.29, 0.717) is 17.5 Å². The minimum absolute atomic E-state index is 0.0320. The van der Waals surface area contributed by atoms with Crippen LogP contribution < -0.4 is 0 Å². The quantitative estimate of drug-likeness (QED) is 0.208. The van der Waals surface area contributed by atoms with Crippen LogP contribution in [-0.2, 0) is 5.41 Å². The van der Waals surface area contributed by atoms with Crippen molar-refractivity contribution in [3.05, 3.63) is 126 Å². The van der Waals surface area contributed by atoms with Gasteiger partial charge in [-0.3, -0.25) is 0 Å². The molecule has 2 aliphatic carbocycles. The molecule has 0 unspecified atom stereocenters. The van der Waals surface area contributed by atoms with Gasteiger partial charge in [0.05, 0.1) is 11.6 Å². The third kappa shape index (κ3) is 4.03. The fourth-order valence-corrected chi connectivity index (χ4v) is 7.62. The van der Waals surface area contributed by atoms with E-state index in [4.69, 9.17) is 19.4 Å². The van der Waals surface area contributed by atoms with Gasteiger partial charge in [-0.25, -0.2) is 15.0 Å². The molecule has 7 aromatic rings. The van der Waals surface area contributed by atoms with E-state index in [2.05, 4.69) is 54.6 Å². The number of rotatable bonds is 3. The maximum absolute atomic E-state index is 9.72. The van der Waals surface area contributed by atoms with Crippen molar-refractivity contribution >= 4 is 21.9 Å². The van der Waals surface area contributed by atoms with Gasteiger partial charge in [0.1, 0.15) is 11.2 Å². The van der Waals surface area contributed by atoms with Crippen LogP contribution in [0.1, 0.15) is 48.8 Å². The average molecular weight is 581 g/mol. The summed E-state index contributed by atoms with van der Waals surface area (Å²) in [5.74, 6) is 1.86. The molecule has 2 heterocycles. The van der Waals surface area contributed by atoms with Gasteiger partial charge in [0.2, 0.25) is 0 Å². The van der Waals surface area contributed by atoms with Crippen LogP contribution in [0.15, 0.2) is 114 Å². The highest BCUT2D eigenvalue weighted by Gasteiger charge is 2.44. The first-order valence-electron chi connectivity index (χ1n) is 15.6. The number of benzene rings is 5. The number of hydrogen-bond acceptors (Lipinski definition) is 5. The largest absolute Gasteiger partial charge is 0.456 e. The highest BCUT2D eigenvalue weighted by Crippen LogP contribution is 2.56. The number of nitriles is 1. The molecule has 1 spiro atoms. The van der Waals surface area contributed by atoms with Crippen molar-refractivity contribution in [2.24, 2.45) is 0 Å². The minimum atomic E-state index is -0.0320. The molecule has 0 atom stereocenters. The Hall–Kier alpha value is -5.60. The summed E-state index contributed by atoms with van der Waals surface area (Å²) in [5, 5.41) is 11.9. The molecule has 2 aliphatic rings. The van der Waals surface area contributed by atoms with Crippen LogP contribution in [-0.4, -0.2) is 15.0 Å². The molecular weight excluding hydrogens is 552 g/mol. The average Bonchev–Trinajstić information content (AvgIpc) is 3.61. The predicted molar refractivity (Wildman–Crippen MR) is 177 cm³/mol. The molecule has 5 aromatic carbocycles. The van der Waals surface area contributed by atoms with E-state index >= 15 is 0 Å². The van der Waals surface area contributed by atoms with Gasteiger partial charge in [-0.05, 0) is 71.5 Å². The van der Waals surface area contributed by atoms with Crippen LogP contribution in [0.2, 0.25) is 0 Å². The lowest BCUT2D eigenvalue weighted by Gasteiger charge is -2.36. The summed E-state index contributed by atoms with van der Waals surface area (Å²) in [6, 6.07) is 39.6. The van der Waals surface area contributed by atoms with Crippen molar-refractivity contribution < 1.29 is 4.42 Å². The highest BCUT2D eigenvalue weighted by molar-refractivity contribution is 6.05. The van der Waals surface area contributed by atoms with E-state index in [1.165, 1.54) is 41.5 Å². The topological polar surface area (TPSA) is 75.6 Å². The van der Waals surface area contributed by atoms with Crippen LogP contribution >= 0.6 is 0 Å². The van der Waals surface area contributed by atoms with Gasteiger partial charge in [0, 0.05) is 32.9 Å². The lowest BCUT2D eigenvalue weighted by atomic mass is 9.67. The second kappa shape index (κ2) is 9.97. The minimum Gasteiger partial charge on any atom is -0.456 e. The molecule has 0 saturated heterocycles. The van der Waals surface area contributed by atoms with Crippen LogP contribution in [0, 0.1) is 11.3 Å². The van der Waals surface area contributed by atoms with Crippen molar-refractivity contribution in [2.45, 2.75) is 37.5 Å². The van der Waals surface area contributed by atoms with Crippen molar-refractivity contribution in [1.82, 2.24) is 15.0 Å². The summed E-state index contributed by atoms with van der Waals surface area (Å²) in [6.07, 6.45) is 5.88. The normalized spacial score (nSPS) is 14.8. The molecule has 1 fully saturated rings. The van der Waals surface area contributed by atoms with Crippen molar-refractivity contribution in [1.29, 1.82) is 5.26 Å². The van der Waals surface area contributed by atoms with Gasteiger partial charge in [-0.2, -0.15) is 5.26 Å². The Morgan fingerprint density at radius 3 is 2.04 bits per heavy atom. The fourth-order valence-electron chi connectivity index (χ4n) is 7.62. The summed E-state index contributed by atoms with van der Waals surface area (Å²) in [6.45, 7) is 0. The van der Waals surface area contributed by atoms with E-state index in [-0.39, 0.29) is 5.41 Å². The number of nitrogens with zero attached hydrogens (tertiary/aromatic N) is 4. The SMILES string of the molecule is N#Cc1ccc2c(c1)C1(CCCCC1)c1ccc(-c3nc(-c4ccccc4)nc(-c4ccc5c(c4)oc4ccccc45)n3)cc1-2. The molecule has 5 nitrogen and oxygen atoms in total. The fraction of sp³-hybridized carbons (Fsp3) is 0.150. The standard InChI is InChI=1S/C40H28N4O/c41-24-25-13-16-29-32-22-27(15-18-33(32)40(34(29)21-25)19-7-2-8-20-40)38-42-37(26-9-3-1-4-10-26)43-39(44-38)28-14-17-31-30-11-5-6-12-35(30)45-36(31)23-28/h1,3-6,9-18,21-23H,2,7-8,19-20H2. The molecule has 0 bridgehead atoms. The zero-order chi connectivity index (χ0) is 30.0. The molecule has 0 radical (unpaired) electrons. The van der Waals surface area contributed by atoms with Gasteiger partial charge < -0.3 is 4.42 Å². The monoisotopic (exact) mass is 580 g/mol. The third-order valence-corrected chi connectivity index (χ3v) is 9.76. The number of para-hydroxylation sites is 1. The second-order valence-corrected chi connectivity index (χ2v) is 12.3. The first-order valence-corrected chi connectivity index (χ1v) is 15.6. The van der Waals surface area contributed by atoms with Gasteiger partial charge in [-0.1, -0.05) is 92.1 Å². The molecule has 1 saturated carbocycles. The zero-order valence-corrected chi connectivity index (χ0v) is 24.6. The number of fused-ring (bicyclic) bond motifs is 8. The third-order valence-electron chi connectivity index (χ3n) is 9.76. The van der Waals surface area contributed by atoms with Crippen molar-refractivity contribution in [2.75, 3.05) is 0 Å². The smallest absolute Gasteiger partial charge is 0.164 e. The predicted octanol–water partition coefficient (Wildman–Crippen LogP) is 9.87. The Balaban J connectivity index is 1.22. The maximum atomic E-state index is 9.72. The Kier molecular flexibility index (Phi) is 5.73. The first kappa shape index (κ1) is 25.9. The second-order valence-electron chi connectivity index (χ2n) is 12.3. The highest BCUT2D eigenvalue weighted by atomic mass is 16.3. The van der Waals surface area contributed by atoms with E-state index in [9.17, 15) is 5.26 Å². The number of hydrogen-bond donors (Lipinski definition) is 0. The summed E-state index contributed by atoms with van der Waals surface area (Å²) in [4.78, 5) is 15.0. The van der Waals surface area contributed by atoms with Gasteiger partial charge in [0.25, 0.3) is 0 Å². The molecule has 5 heteroatoms. The molecule has 9 rings (SSSR count). The van der Waals surface area contributed by atoms with Crippen molar-refractivity contribution in [3.63, 3.8) is 0 Å². The van der Waals surface area contributed by atoms with Crippen LogP contribution in [0.5, 0.6) is 0 Å². The number of furan rings is 1. The first-order chi connectivity index (χ1) is 22.2. The molecule has 0 N–H and O–H groups in total. The van der Waals surface area contributed by atoms with Crippen LogP contribution in [0.4, 0.5) is 0 Å². The Morgan fingerprint density at radius 2 is 1.24 bits per heavy atom. The molecule has 2 aromatic heterocycles. The number of aromatic nitrogens is 3. The molecule has 0 amide bonds. The molecule has 45 heavy (non-hydrogen) atoms. The molecular formula is C40H28N4O. The molecule has 0 aliphatic heterocycles. The summed E-state index contributed by atoms with van der Waals surface area (Å²) in [5.41, 5.74) is 10.2. The summed E-state index contributed by atoms with van der Waals surface area (Å²) < 4.78 is 6.21. The lowest BCUT2D eigenvalue weighted by Crippen LogP contribution is -2.28. The Bertz CT molecular complexity index is 2320. The van der Waals surface area contributed by atoms with Crippen LogP contribution in [0.3, 0.4) is 0 Å². The van der Waals surface area contributed by atoms with Crippen LogP contribution in [0.25, 0.3) is 67.2 Å². The molecule has 214 valence electrons. The maximum Gasteiger partial charge on any atom is 0.164 e. The summed E-state index contributed by atoms with van der Waals surface area (Å²) >= 11 is 0. The summed E-state index contributed by atoms with van der Waals surface area (Å²) in [7, 11) is 0. The van der Waals surface area contributed by atoms with E-state index < -0.39 is 0 Å². The van der Waals surface area contributed by atoms with E-state index in [1.807, 2.05) is 60.7 Å². The van der Waals surface area contributed by atoms with Gasteiger partial charge >= 0.3 is 0 Å². The lowest BCUT2D eigenvalue weighted by molar-refractivity contribution is 0.353. The van der Waals surface area contributed by atoms with Gasteiger partial charge in [0.15, 0.2) is 17.5 Å².